The maximum absolute atomic E-state index is 13.1. The van der Waals surface area contributed by atoms with Gasteiger partial charge in [0.25, 0.3) is 5.91 Å². The number of carbonyl (C=O) groups is 3. The van der Waals surface area contributed by atoms with Crippen molar-refractivity contribution in [3.05, 3.63) is 35.4 Å². The van der Waals surface area contributed by atoms with E-state index in [9.17, 15) is 14.4 Å². The molecular weight excluding hydrogens is 344 g/mol. The molecule has 2 heterocycles. The maximum Gasteiger partial charge on any atom is 0.326 e. The highest BCUT2D eigenvalue weighted by Crippen LogP contribution is 2.36. The lowest BCUT2D eigenvalue weighted by Crippen LogP contribution is -2.54. The molecule has 2 fully saturated rings. The number of carbonyl (C=O) groups excluding carboxylic acids is 3. The van der Waals surface area contributed by atoms with Gasteiger partial charge in [0.2, 0.25) is 5.91 Å². The Morgan fingerprint density at radius 2 is 1.89 bits per heavy atom. The Morgan fingerprint density at radius 1 is 1.22 bits per heavy atom. The van der Waals surface area contributed by atoms with Crippen LogP contribution in [-0.2, 0) is 22.6 Å². The summed E-state index contributed by atoms with van der Waals surface area (Å²) < 4.78 is 0. The number of nitrogens with two attached hydrogens (primary N) is 1. The summed E-state index contributed by atoms with van der Waals surface area (Å²) in [6, 6.07) is 7.01. The fourth-order valence-electron chi connectivity index (χ4n) is 4.59. The molecular formula is C20H26N4O3. The van der Waals surface area contributed by atoms with Crippen molar-refractivity contribution >= 4 is 17.8 Å². The van der Waals surface area contributed by atoms with Crippen molar-refractivity contribution in [2.24, 2.45) is 11.7 Å². The van der Waals surface area contributed by atoms with Crippen LogP contribution in [0.4, 0.5) is 4.79 Å². The van der Waals surface area contributed by atoms with Crippen LogP contribution in [0.1, 0.15) is 43.7 Å². The van der Waals surface area contributed by atoms with E-state index in [0.717, 1.165) is 24.0 Å². The van der Waals surface area contributed by atoms with Crippen LogP contribution in [0.5, 0.6) is 0 Å². The average Bonchev–Trinajstić information content (AvgIpc) is 2.88. The largest absolute Gasteiger partial charge is 0.368 e. The third-order valence-corrected chi connectivity index (χ3v) is 6.37. The van der Waals surface area contributed by atoms with Crippen LogP contribution in [0.3, 0.4) is 0 Å². The van der Waals surface area contributed by atoms with Crippen molar-refractivity contribution < 1.29 is 14.4 Å². The summed E-state index contributed by atoms with van der Waals surface area (Å²) >= 11 is 0. The number of nitrogens with one attached hydrogen (secondary N) is 1. The zero-order valence-corrected chi connectivity index (χ0v) is 15.6. The quantitative estimate of drug-likeness (QED) is 0.785. The molecule has 4 amide bonds. The van der Waals surface area contributed by atoms with Gasteiger partial charge in [0, 0.05) is 6.54 Å². The zero-order chi connectivity index (χ0) is 19.2. The number of urea groups is 1. The second kappa shape index (κ2) is 6.64. The van der Waals surface area contributed by atoms with Crippen molar-refractivity contribution in [1.29, 1.82) is 0 Å². The number of rotatable bonds is 3. The third kappa shape index (κ3) is 3.10. The molecule has 1 aromatic carbocycles. The first kappa shape index (κ1) is 18.0. The fourth-order valence-corrected chi connectivity index (χ4v) is 4.59. The van der Waals surface area contributed by atoms with Gasteiger partial charge in [-0.15, -0.1) is 0 Å². The van der Waals surface area contributed by atoms with Gasteiger partial charge in [-0.25, -0.2) is 9.69 Å². The van der Waals surface area contributed by atoms with Crippen molar-refractivity contribution in [2.75, 3.05) is 6.67 Å². The number of benzene rings is 1. The molecule has 1 aromatic rings. The van der Waals surface area contributed by atoms with E-state index in [-0.39, 0.29) is 18.6 Å². The second-order valence-electron chi connectivity index (χ2n) is 8.21. The van der Waals surface area contributed by atoms with E-state index in [1.807, 2.05) is 29.2 Å². The SMILES string of the molecule is CC1CCC2(CC1)NC(=O)N(CN1Cc3ccccc3CC1C(N)=O)C2=O. The Kier molecular flexibility index (Phi) is 4.42. The molecule has 1 unspecified atom stereocenters. The number of amides is 4. The molecule has 3 aliphatic rings. The number of nitrogens with zero attached hydrogens (tertiary/aromatic N) is 2. The molecule has 27 heavy (non-hydrogen) atoms. The standard InChI is InChI=1S/C20H26N4O3/c1-13-6-8-20(9-7-13)18(26)24(19(27)22-20)12-23-11-15-5-3-2-4-14(15)10-16(23)17(21)25/h2-5,13,16H,6-12H2,1H3,(H2,21,25)(H,22,27). The number of hydrogen-bond donors (Lipinski definition) is 2. The highest BCUT2D eigenvalue weighted by Gasteiger charge is 2.52. The van der Waals surface area contributed by atoms with Crippen LogP contribution >= 0.6 is 0 Å². The summed E-state index contributed by atoms with van der Waals surface area (Å²) in [5.74, 6) is -0.0218. The zero-order valence-electron chi connectivity index (χ0n) is 15.6. The number of imide groups is 1. The minimum Gasteiger partial charge on any atom is -0.368 e. The van der Waals surface area contributed by atoms with E-state index in [4.69, 9.17) is 5.73 Å². The van der Waals surface area contributed by atoms with Crippen molar-refractivity contribution in [2.45, 2.75) is 57.2 Å². The topological polar surface area (TPSA) is 95.7 Å². The fraction of sp³-hybridized carbons (Fsp3) is 0.550. The predicted molar refractivity (Wildman–Crippen MR) is 99.3 cm³/mol. The highest BCUT2D eigenvalue weighted by molar-refractivity contribution is 6.07. The molecule has 3 N–H and O–H groups in total. The lowest BCUT2D eigenvalue weighted by molar-refractivity contribution is -0.136. The van der Waals surface area contributed by atoms with E-state index < -0.39 is 17.5 Å². The average molecular weight is 370 g/mol. The maximum atomic E-state index is 13.1. The minimum absolute atomic E-state index is 0.0872. The third-order valence-electron chi connectivity index (χ3n) is 6.37. The summed E-state index contributed by atoms with van der Waals surface area (Å²) in [5.41, 5.74) is 7.05. The van der Waals surface area contributed by atoms with Crippen LogP contribution in [0, 0.1) is 5.92 Å². The molecule has 0 bridgehead atoms. The van der Waals surface area contributed by atoms with Crippen LogP contribution in [0.15, 0.2) is 24.3 Å². The molecule has 4 rings (SSSR count). The first-order valence-corrected chi connectivity index (χ1v) is 9.64. The van der Waals surface area contributed by atoms with Gasteiger partial charge < -0.3 is 11.1 Å². The van der Waals surface area contributed by atoms with Crippen LogP contribution in [-0.4, -0.2) is 45.9 Å². The molecule has 0 radical (unpaired) electrons. The second-order valence-corrected chi connectivity index (χ2v) is 8.21. The lowest BCUT2D eigenvalue weighted by Gasteiger charge is -2.37. The lowest BCUT2D eigenvalue weighted by atomic mass is 9.77. The molecule has 1 saturated carbocycles. The molecule has 144 valence electrons. The van der Waals surface area contributed by atoms with Crippen LogP contribution < -0.4 is 11.1 Å². The van der Waals surface area contributed by atoms with Crippen molar-refractivity contribution in [1.82, 2.24) is 15.1 Å². The Morgan fingerprint density at radius 3 is 2.56 bits per heavy atom. The number of primary amides is 1. The minimum atomic E-state index is -0.764. The number of hydrogen-bond acceptors (Lipinski definition) is 4. The van der Waals surface area contributed by atoms with E-state index in [1.54, 1.807) is 0 Å². The predicted octanol–water partition coefficient (Wildman–Crippen LogP) is 1.36. The van der Waals surface area contributed by atoms with Gasteiger partial charge in [0.1, 0.15) is 5.54 Å². The van der Waals surface area contributed by atoms with Gasteiger partial charge in [-0.05, 0) is 49.1 Å². The van der Waals surface area contributed by atoms with E-state index in [2.05, 4.69) is 12.2 Å². The first-order chi connectivity index (χ1) is 12.9. The van der Waals surface area contributed by atoms with Crippen LogP contribution in [0.25, 0.3) is 0 Å². The van der Waals surface area contributed by atoms with E-state index >= 15 is 0 Å². The van der Waals surface area contributed by atoms with E-state index in [0.29, 0.717) is 31.7 Å². The summed E-state index contributed by atoms with van der Waals surface area (Å²) in [5, 5.41) is 2.94. The van der Waals surface area contributed by atoms with Crippen LogP contribution in [0.2, 0.25) is 0 Å². The van der Waals surface area contributed by atoms with Gasteiger partial charge in [-0.1, -0.05) is 31.2 Å². The van der Waals surface area contributed by atoms with Gasteiger partial charge >= 0.3 is 6.03 Å². The summed E-state index contributed by atoms with van der Waals surface area (Å²) in [6.07, 6.45) is 3.72. The van der Waals surface area contributed by atoms with E-state index in [1.165, 1.54) is 4.90 Å². The highest BCUT2D eigenvalue weighted by atomic mass is 16.2. The summed E-state index contributed by atoms with van der Waals surface area (Å²) in [7, 11) is 0. The molecule has 1 aliphatic carbocycles. The normalized spacial score (nSPS) is 31.1. The van der Waals surface area contributed by atoms with Gasteiger partial charge in [0.05, 0.1) is 12.7 Å². The summed E-state index contributed by atoms with van der Waals surface area (Å²) in [6.45, 7) is 2.75. The molecule has 7 heteroatoms. The smallest absolute Gasteiger partial charge is 0.326 e. The van der Waals surface area contributed by atoms with Gasteiger partial charge in [-0.3, -0.25) is 14.5 Å². The first-order valence-electron chi connectivity index (χ1n) is 9.64. The number of fused-ring (bicyclic) bond motifs is 1. The molecule has 2 aliphatic heterocycles. The van der Waals surface area contributed by atoms with Crippen molar-refractivity contribution in [3.8, 4) is 0 Å². The Bertz CT molecular complexity index is 785. The Balaban J connectivity index is 1.55. The van der Waals surface area contributed by atoms with Crippen molar-refractivity contribution in [3.63, 3.8) is 0 Å². The molecule has 1 spiro atoms. The molecule has 7 nitrogen and oxygen atoms in total. The van der Waals surface area contributed by atoms with Gasteiger partial charge in [0.15, 0.2) is 0 Å². The Hall–Kier alpha value is -2.41. The summed E-state index contributed by atoms with van der Waals surface area (Å²) in [4.78, 5) is 40.8. The molecule has 1 atom stereocenters. The molecule has 1 saturated heterocycles. The molecule has 0 aromatic heterocycles. The van der Waals surface area contributed by atoms with Gasteiger partial charge in [-0.2, -0.15) is 0 Å². The Labute approximate surface area is 158 Å². The monoisotopic (exact) mass is 370 g/mol.